The lowest BCUT2D eigenvalue weighted by Gasteiger charge is -2.19. The Morgan fingerprint density at radius 3 is 2.36 bits per heavy atom. The van der Waals surface area contributed by atoms with Crippen LogP contribution in [-0.4, -0.2) is 22.2 Å². The van der Waals surface area contributed by atoms with E-state index in [1.807, 2.05) is 39.0 Å². The topological polar surface area (TPSA) is 86.9 Å². The molecule has 2 aromatic rings. The second-order valence-corrected chi connectivity index (χ2v) is 7.02. The van der Waals surface area contributed by atoms with Crippen molar-refractivity contribution in [3.63, 3.8) is 0 Å². The number of hydrogen-bond donors (Lipinski definition) is 2. The minimum atomic E-state index is -0.278. The fraction of sp³-hybridized carbons (Fsp3) is 0.391. The first kappa shape index (κ1) is 21.5. The van der Waals surface area contributed by atoms with Crippen LogP contribution < -0.4 is 4.74 Å². The normalized spacial score (nSPS) is 12.8. The molecule has 2 N–H and O–H groups in total. The monoisotopic (exact) mass is 379 g/mol. The van der Waals surface area contributed by atoms with E-state index in [1.54, 1.807) is 30.5 Å². The SMILES string of the molecule is CC[C@@H](CC(=N)[C@H](C)CC)C(=N)C(=O)c1ccc(OCc2ccccn2)cc1. The van der Waals surface area contributed by atoms with E-state index in [0.29, 0.717) is 36.5 Å². The molecule has 1 aromatic heterocycles. The molecule has 0 aliphatic rings. The summed E-state index contributed by atoms with van der Waals surface area (Å²) in [5.41, 5.74) is 2.01. The predicted molar refractivity (Wildman–Crippen MR) is 113 cm³/mol. The van der Waals surface area contributed by atoms with Gasteiger partial charge in [-0.25, -0.2) is 0 Å². The number of ether oxygens (including phenoxy) is 1. The Bertz CT molecular complexity index is 800. The Balaban J connectivity index is 1.98. The summed E-state index contributed by atoms with van der Waals surface area (Å²) in [6.45, 7) is 6.39. The molecule has 0 aliphatic heterocycles. The first-order chi connectivity index (χ1) is 13.5. The molecule has 0 aliphatic carbocycles. The molecular formula is C23H29N3O2. The first-order valence-electron chi connectivity index (χ1n) is 9.79. The molecule has 0 bridgehead atoms. The van der Waals surface area contributed by atoms with Crippen molar-refractivity contribution in [1.29, 1.82) is 10.8 Å². The van der Waals surface area contributed by atoms with Crippen molar-refractivity contribution in [2.45, 2.75) is 46.6 Å². The maximum atomic E-state index is 12.7. The van der Waals surface area contributed by atoms with Gasteiger partial charge in [0.2, 0.25) is 5.78 Å². The van der Waals surface area contributed by atoms with Gasteiger partial charge in [-0.2, -0.15) is 0 Å². The third-order valence-electron chi connectivity index (χ3n) is 5.05. The molecule has 2 atom stereocenters. The van der Waals surface area contributed by atoms with Crippen LogP contribution in [0.4, 0.5) is 0 Å². The third-order valence-corrected chi connectivity index (χ3v) is 5.05. The van der Waals surface area contributed by atoms with Gasteiger partial charge in [0.25, 0.3) is 0 Å². The van der Waals surface area contributed by atoms with E-state index in [0.717, 1.165) is 12.1 Å². The molecule has 0 saturated carbocycles. The highest BCUT2D eigenvalue weighted by Crippen LogP contribution is 2.20. The summed E-state index contributed by atoms with van der Waals surface area (Å²) in [6.07, 6.45) is 3.77. The Morgan fingerprint density at radius 2 is 1.79 bits per heavy atom. The summed E-state index contributed by atoms with van der Waals surface area (Å²) in [6, 6.07) is 12.5. The molecule has 0 unspecified atom stereocenters. The third kappa shape index (κ3) is 5.84. The summed E-state index contributed by atoms with van der Waals surface area (Å²) in [7, 11) is 0. The van der Waals surface area contributed by atoms with Crippen LogP contribution in [0.2, 0.25) is 0 Å². The predicted octanol–water partition coefficient (Wildman–Crippen LogP) is 5.35. The molecule has 0 spiro atoms. The second-order valence-electron chi connectivity index (χ2n) is 7.02. The molecule has 5 heteroatoms. The molecule has 1 aromatic carbocycles. The number of ketones is 1. The van der Waals surface area contributed by atoms with E-state index in [-0.39, 0.29) is 23.3 Å². The van der Waals surface area contributed by atoms with Gasteiger partial charge in [-0.1, -0.05) is 26.8 Å². The van der Waals surface area contributed by atoms with Crippen LogP contribution in [0, 0.1) is 22.7 Å². The fourth-order valence-electron chi connectivity index (χ4n) is 2.85. The molecule has 0 amide bonds. The molecule has 0 saturated heterocycles. The van der Waals surface area contributed by atoms with Crippen molar-refractivity contribution in [2.75, 3.05) is 0 Å². The van der Waals surface area contributed by atoms with Crippen molar-refractivity contribution in [1.82, 2.24) is 4.98 Å². The Morgan fingerprint density at radius 1 is 1.07 bits per heavy atom. The minimum Gasteiger partial charge on any atom is -0.487 e. The van der Waals surface area contributed by atoms with Gasteiger partial charge in [0.15, 0.2) is 0 Å². The van der Waals surface area contributed by atoms with Crippen LogP contribution in [-0.2, 0) is 6.61 Å². The van der Waals surface area contributed by atoms with E-state index >= 15 is 0 Å². The number of nitrogens with one attached hydrogen (secondary N) is 2. The zero-order valence-corrected chi connectivity index (χ0v) is 16.9. The Labute approximate surface area is 167 Å². The first-order valence-corrected chi connectivity index (χ1v) is 9.79. The van der Waals surface area contributed by atoms with Crippen molar-refractivity contribution in [3.8, 4) is 5.75 Å². The fourth-order valence-corrected chi connectivity index (χ4v) is 2.85. The van der Waals surface area contributed by atoms with Crippen LogP contribution in [0.3, 0.4) is 0 Å². The number of aromatic nitrogens is 1. The number of Topliss-reactive ketones (excluding diaryl/α,β-unsaturated/α-hetero) is 1. The summed E-state index contributed by atoms with van der Waals surface area (Å²) in [5.74, 6) is 0.348. The molecule has 5 nitrogen and oxygen atoms in total. The van der Waals surface area contributed by atoms with Crippen LogP contribution >= 0.6 is 0 Å². The number of hydrogen-bond acceptors (Lipinski definition) is 5. The lowest BCUT2D eigenvalue weighted by atomic mass is 9.86. The quantitative estimate of drug-likeness (QED) is 0.408. The van der Waals surface area contributed by atoms with E-state index in [9.17, 15) is 4.79 Å². The lowest BCUT2D eigenvalue weighted by Crippen LogP contribution is -2.26. The number of pyridine rings is 1. The van der Waals surface area contributed by atoms with Gasteiger partial charge < -0.3 is 15.6 Å². The largest absolute Gasteiger partial charge is 0.487 e. The van der Waals surface area contributed by atoms with Crippen molar-refractivity contribution in [3.05, 3.63) is 59.9 Å². The number of nitrogens with zero attached hydrogens (tertiary/aromatic N) is 1. The standard InChI is InChI=1S/C23H29N3O2/c1-4-16(3)21(24)14-17(5-2)22(25)23(27)18-9-11-20(12-10-18)28-15-19-8-6-7-13-26-19/h6-13,16-17,24-25H,4-5,14-15H2,1-3H3/t16-,17+/m1/s1. The molecule has 2 rings (SSSR count). The van der Waals surface area contributed by atoms with E-state index < -0.39 is 0 Å². The van der Waals surface area contributed by atoms with Gasteiger partial charge >= 0.3 is 0 Å². The van der Waals surface area contributed by atoms with Crippen LogP contribution in [0.5, 0.6) is 5.75 Å². The summed E-state index contributed by atoms with van der Waals surface area (Å²) >= 11 is 0. The molecular weight excluding hydrogens is 350 g/mol. The van der Waals surface area contributed by atoms with Gasteiger partial charge in [-0.05, 0) is 61.6 Å². The van der Waals surface area contributed by atoms with Gasteiger partial charge in [-0.15, -0.1) is 0 Å². The zero-order chi connectivity index (χ0) is 20.5. The number of benzene rings is 1. The summed E-state index contributed by atoms with van der Waals surface area (Å²) < 4.78 is 5.69. The van der Waals surface area contributed by atoms with Crippen LogP contribution in [0.25, 0.3) is 0 Å². The molecule has 0 fully saturated rings. The summed E-state index contributed by atoms with van der Waals surface area (Å²) in [4.78, 5) is 16.9. The van der Waals surface area contributed by atoms with E-state index in [4.69, 9.17) is 15.6 Å². The average molecular weight is 380 g/mol. The molecule has 28 heavy (non-hydrogen) atoms. The highest BCUT2D eigenvalue weighted by molar-refractivity contribution is 6.45. The number of rotatable bonds is 11. The van der Waals surface area contributed by atoms with Gasteiger partial charge in [0, 0.05) is 23.4 Å². The smallest absolute Gasteiger partial charge is 0.206 e. The number of carbonyl (C=O) groups is 1. The van der Waals surface area contributed by atoms with Crippen LogP contribution in [0.15, 0.2) is 48.7 Å². The summed E-state index contributed by atoms with van der Waals surface area (Å²) in [5, 5.41) is 16.5. The van der Waals surface area contributed by atoms with Gasteiger partial charge in [0.1, 0.15) is 12.4 Å². The zero-order valence-electron chi connectivity index (χ0n) is 16.9. The average Bonchev–Trinajstić information content (AvgIpc) is 2.75. The highest BCUT2D eigenvalue weighted by atomic mass is 16.5. The van der Waals surface area contributed by atoms with Crippen molar-refractivity contribution >= 4 is 17.2 Å². The van der Waals surface area contributed by atoms with Gasteiger partial charge in [-0.3, -0.25) is 9.78 Å². The number of carbonyl (C=O) groups excluding carboxylic acids is 1. The van der Waals surface area contributed by atoms with E-state index in [1.165, 1.54) is 0 Å². The second kappa shape index (κ2) is 10.5. The van der Waals surface area contributed by atoms with Gasteiger partial charge in [0.05, 0.1) is 11.4 Å². The minimum absolute atomic E-state index is 0.0812. The van der Waals surface area contributed by atoms with Crippen molar-refractivity contribution in [2.24, 2.45) is 11.8 Å². The van der Waals surface area contributed by atoms with Crippen LogP contribution in [0.1, 0.15) is 56.1 Å². The molecule has 1 heterocycles. The van der Waals surface area contributed by atoms with E-state index in [2.05, 4.69) is 4.98 Å². The Kier molecular flexibility index (Phi) is 8.05. The maximum Gasteiger partial charge on any atom is 0.206 e. The lowest BCUT2D eigenvalue weighted by molar-refractivity contribution is 0.105. The molecule has 148 valence electrons. The molecule has 0 radical (unpaired) electrons. The van der Waals surface area contributed by atoms with Crippen molar-refractivity contribution < 1.29 is 9.53 Å². The maximum absolute atomic E-state index is 12.7. The Hall–Kier alpha value is -2.82. The highest BCUT2D eigenvalue weighted by Gasteiger charge is 2.23.